The highest BCUT2D eigenvalue weighted by molar-refractivity contribution is 5.88. The summed E-state index contributed by atoms with van der Waals surface area (Å²) in [6.45, 7) is 5.19. The number of unbranched alkanes of at least 4 members (excludes halogenated alkanes) is 9. The molecular formula is C19H37NO3. The first kappa shape index (κ1) is 20.4. The average molecular weight is 328 g/mol. The molecule has 2 unspecified atom stereocenters. The first-order valence-electron chi connectivity index (χ1n) is 9.70. The summed E-state index contributed by atoms with van der Waals surface area (Å²) >= 11 is 0. The number of aliphatic hydroxyl groups is 1. The molecular weight excluding hydrogens is 290 g/mol. The molecule has 136 valence electrons. The molecule has 0 saturated carbocycles. The Morgan fingerprint density at radius 1 is 1.09 bits per heavy atom. The molecule has 0 aromatic heterocycles. The van der Waals surface area contributed by atoms with Crippen molar-refractivity contribution >= 4 is 5.91 Å². The molecule has 2 N–H and O–H groups in total. The Morgan fingerprint density at radius 3 is 2.09 bits per heavy atom. The molecule has 0 aliphatic carbocycles. The maximum atomic E-state index is 12.1. The number of hydrogen-bond acceptors (Lipinski definition) is 3. The molecule has 1 rings (SSSR count). The molecule has 1 aliphatic heterocycles. The third kappa shape index (κ3) is 7.67. The zero-order chi connectivity index (χ0) is 17.0. The number of ether oxygens (including phenoxy) is 1. The lowest BCUT2D eigenvalue weighted by Gasteiger charge is -2.19. The van der Waals surface area contributed by atoms with Gasteiger partial charge in [-0.2, -0.15) is 0 Å². The minimum Gasteiger partial charge on any atom is -0.395 e. The van der Waals surface area contributed by atoms with Gasteiger partial charge in [0.1, 0.15) is 0 Å². The summed E-state index contributed by atoms with van der Waals surface area (Å²) in [5, 5.41) is 11.5. The van der Waals surface area contributed by atoms with Crippen LogP contribution in [0.25, 0.3) is 0 Å². The van der Waals surface area contributed by atoms with Crippen LogP contribution in [0.2, 0.25) is 0 Å². The zero-order valence-electron chi connectivity index (χ0n) is 15.2. The monoisotopic (exact) mass is 327 g/mol. The van der Waals surface area contributed by atoms with Gasteiger partial charge in [-0.05, 0) is 12.3 Å². The van der Waals surface area contributed by atoms with Crippen molar-refractivity contribution in [2.24, 2.45) is 5.92 Å². The van der Waals surface area contributed by atoms with E-state index in [1.165, 1.54) is 64.2 Å². The van der Waals surface area contributed by atoms with Crippen molar-refractivity contribution in [3.05, 3.63) is 0 Å². The number of carbonyl (C=O) groups is 1. The first-order valence-corrected chi connectivity index (χ1v) is 9.70. The van der Waals surface area contributed by atoms with Gasteiger partial charge in [0.25, 0.3) is 5.91 Å². The topological polar surface area (TPSA) is 61.9 Å². The van der Waals surface area contributed by atoms with E-state index in [2.05, 4.69) is 19.2 Å². The fourth-order valence-corrected chi connectivity index (χ4v) is 3.21. The maximum Gasteiger partial charge on any atom is 0.255 e. The van der Waals surface area contributed by atoms with Gasteiger partial charge in [-0.15, -0.1) is 0 Å². The zero-order valence-corrected chi connectivity index (χ0v) is 15.2. The van der Waals surface area contributed by atoms with Gasteiger partial charge in [-0.1, -0.05) is 78.1 Å². The molecule has 1 amide bonds. The number of aliphatic hydroxyl groups excluding tert-OH is 1. The smallest absolute Gasteiger partial charge is 0.255 e. The van der Waals surface area contributed by atoms with Crippen LogP contribution in [0.15, 0.2) is 0 Å². The highest BCUT2D eigenvalue weighted by Gasteiger charge is 2.55. The fourth-order valence-electron chi connectivity index (χ4n) is 3.21. The predicted octanol–water partition coefficient (Wildman–Crippen LogP) is 3.81. The minimum absolute atomic E-state index is 0.0192. The van der Waals surface area contributed by atoms with Gasteiger partial charge in [0.2, 0.25) is 0 Å². The molecule has 23 heavy (non-hydrogen) atoms. The van der Waals surface area contributed by atoms with Gasteiger partial charge in [0, 0.05) is 6.54 Å². The van der Waals surface area contributed by atoms with Crippen LogP contribution in [0.5, 0.6) is 0 Å². The fraction of sp³-hybridized carbons (Fsp3) is 0.947. The normalized spacial score (nSPS) is 21.2. The Bertz CT molecular complexity index is 316. The van der Waals surface area contributed by atoms with Crippen LogP contribution in [0.4, 0.5) is 0 Å². The lowest BCUT2D eigenvalue weighted by Crippen LogP contribution is -2.43. The van der Waals surface area contributed by atoms with Crippen molar-refractivity contribution < 1.29 is 14.6 Å². The number of nitrogens with one attached hydrogen (secondary N) is 1. The summed E-state index contributed by atoms with van der Waals surface area (Å²) < 4.78 is 5.47. The molecule has 0 aromatic rings. The van der Waals surface area contributed by atoms with E-state index in [0.29, 0.717) is 13.2 Å². The van der Waals surface area contributed by atoms with Crippen molar-refractivity contribution in [1.29, 1.82) is 0 Å². The second-order valence-corrected chi connectivity index (χ2v) is 7.03. The van der Waals surface area contributed by atoms with E-state index < -0.39 is 5.60 Å². The van der Waals surface area contributed by atoms with Crippen LogP contribution in [0, 0.1) is 5.92 Å². The molecule has 0 spiro atoms. The van der Waals surface area contributed by atoms with Crippen LogP contribution in [-0.4, -0.2) is 36.4 Å². The second kappa shape index (κ2) is 11.9. The Kier molecular flexibility index (Phi) is 10.5. The predicted molar refractivity (Wildman–Crippen MR) is 94.4 cm³/mol. The lowest BCUT2D eigenvalue weighted by molar-refractivity contribution is -0.128. The number of rotatable bonds is 15. The summed E-state index contributed by atoms with van der Waals surface area (Å²) in [6, 6.07) is 0. The summed E-state index contributed by atoms with van der Waals surface area (Å²) in [5.74, 6) is 0.210. The number of hydrogen-bond donors (Lipinski definition) is 2. The van der Waals surface area contributed by atoms with E-state index in [1.54, 1.807) is 0 Å². The van der Waals surface area contributed by atoms with E-state index in [4.69, 9.17) is 9.84 Å². The molecule has 4 heteroatoms. The SMILES string of the molecule is CCCCCCCCCCCCC(C)C1(C(=O)NCCO)CO1. The Hall–Kier alpha value is -0.610. The van der Waals surface area contributed by atoms with Crippen LogP contribution >= 0.6 is 0 Å². The highest BCUT2D eigenvalue weighted by atomic mass is 16.6. The average Bonchev–Trinajstić information content (AvgIpc) is 3.36. The van der Waals surface area contributed by atoms with E-state index >= 15 is 0 Å². The summed E-state index contributed by atoms with van der Waals surface area (Å²) in [6.07, 6.45) is 14.4. The molecule has 1 saturated heterocycles. The number of epoxide rings is 1. The van der Waals surface area contributed by atoms with Crippen LogP contribution < -0.4 is 5.32 Å². The molecule has 1 heterocycles. The molecule has 1 fully saturated rings. The lowest BCUT2D eigenvalue weighted by atomic mass is 9.88. The minimum atomic E-state index is -0.603. The van der Waals surface area contributed by atoms with Crippen molar-refractivity contribution in [3.8, 4) is 0 Å². The third-order valence-corrected chi connectivity index (χ3v) is 5.02. The molecule has 4 nitrogen and oxygen atoms in total. The van der Waals surface area contributed by atoms with E-state index in [9.17, 15) is 4.79 Å². The summed E-state index contributed by atoms with van der Waals surface area (Å²) in [4.78, 5) is 12.1. The molecule has 0 bridgehead atoms. The molecule has 1 aliphatic rings. The van der Waals surface area contributed by atoms with Crippen molar-refractivity contribution in [2.45, 2.75) is 90.1 Å². The van der Waals surface area contributed by atoms with E-state index in [-0.39, 0.29) is 18.4 Å². The van der Waals surface area contributed by atoms with Crippen LogP contribution in [0.3, 0.4) is 0 Å². The van der Waals surface area contributed by atoms with Gasteiger partial charge >= 0.3 is 0 Å². The largest absolute Gasteiger partial charge is 0.395 e. The van der Waals surface area contributed by atoms with Crippen LogP contribution in [-0.2, 0) is 9.53 Å². The summed E-state index contributed by atoms with van der Waals surface area (Å²) in [5.41, 5.74) is -0.603. The van der Waals surface area contributed by atoms with Gasteiger partial charge in [0.05, 0.1) is 13.2 Å². The number of amides is 1. The standard InChI is InChI=1S/C19H37NO3/c1-3-4-5-6-7-8-9-10-11-12-13-17(2)19(16-23-19)18(22)20-14-15-21/h17,21H,3-16H2,1-2H3,(H,20,22). The Balaban J connectivity index is 2.00. The first-order chi connectivity index (χ1) is 11.2. The van der Waals surface area contributed by atoms with E-state index in [0.717, 1.165) is 6.42 Å². The Morgan fingerprint density at radius 2 is 1.61 bits per heavy atom. The maximum absolute atomic E-state index is 12.1. The van der Waals surface area contributed by atoms with E-state index in [1.807, 2.05) is 0 Å². The van der Waals surface area contributed by atoms with Crippen LogP contribution in [0.1, 0.15) is 84.5 Å². The van der Waals surface area contributed by atoms with Gasteiger partial charge < -0.3 is 15.2 Å². The molecule has 0 aromatic carbocycles. The van der Waals surface area contributed by atoms with Gasteiger partial charge in [0.15, 0.2) is 5.60 Å². The molecule has 0 radical (unpaired) electrons. The van der Waals surface area contributed by atoms with Gasteiger partial charge in [-0.3, -0.25) is 4.79 Å². The number of carbonyl (C=O) groups excluding carboxylic acids is 1. The quantitative estimate of drug-likeness (QED) is 0.355. The van der Waals surface area contributed by atoms with Gasteiger partial charge in [-0.25, -0.2) is 0 Å². The van der Waals surface area contributed by atoms with Crippen molar-refractivity contribution in [1.82, 2.24) is 5.32 Å². The van der Waals surface area contributed by atoms with Crippen molar-refractivity contribution in [2.75, 3.05) is 19.8 Å². The highest BCUT2D eigenvalue weighted by Crippen LogP contribution is 2.38. The second-order valence-electron chi connectivity index (χ2n) is 7.03. The Labute approximate surface area is 142 Å². The third-order valence-electron chi connectivity index (χ3n) is 5.02. The summed E-state index contributed by atoms with van der Waals surface area (Å²) in [7, 11) is 0. The van der Waals surface area contributed by atoms with Crippen molar-refractivity contribution in [3.63, 3.8) is 0 Å². The molecule has 2 atom stereocenters.